The minimum atomic E-state index is -0.725. The highest BCUT2D eigenvalue weighted by molar-refractivity contribution is 5.67. The first-order valence-corrected chi connectivity index (χ1v) is 5.91. The van der Waals surface area contributed by atoms with Crippen LogP contribution in [-0.4, -0.2) is 20.6 Å². The molecule has 4 heteroatoms. The molecule has 1 aromatic heterocycles. The van der Waals surface area contributed by atoms with Gasteiger partial charge in [-0.1, -0.05) is 6.92 Å². The zero-order valence-corrected chi connectivity index (χ0v) is 9.86. The lowest BCUT2D eigenvalue weighted by atomic mass is 9.95. The molecule has 1 atom stereocenters. The zero-order valence-electron chi connectivity index (χ0n) is 9.86. The molecule has 0 spiro atoms. The van der Waals surface area contributed by atoms with Crippen molar-refractivity contribution in [2.75, 3.05) is 0 Å². The van der Waals surface area contributed by atoms with E-state index in [9.17, 15) is 4.79 Å². The number of aromatic nitrogens is 2. The van der Waals surface area contributed by atoms with Crippen molar-refractivity contribution in [3.05, 3.63) is 17.2 Å². The monoisotopic (exact) mass is 222 g/mol. The van der Waals surface area contributed by atoms with Gasteiger partial charge in [-0.25, -0.2) is 4.98 Å². The van der Waals surface area contributed by atoms with E-state index in [-0.39, 0.29) is 12.3 Å². The molecule has 0 saturated heterocycles. The normalized spacial score (nSPS) is 19.5. The van der Waals surface area contributed by atoms with Gasteiger partial charge >= 0.3 is 5.97 Å². The smallest absolute Gasteiger partial charge is 0.304 e. The number of nitrogens with zero attached hydrogens (tertiary/aromatic N) is 2. The molecule has 16 heavy (non-hydrogen) atoms. The summed E-state index contributed by atoms with van der Waals surface area (Å²) in [4.78, 5) is 15.4. The maximum Gasteiger partial charge on any atom is 0.304 e. The van der Waals surface area contributed by atoms with Crippen LogP contribution in [0.4, 0.5) is 0 Å². The minimum Gasteiger partial charge on any atom is -0.481 e. The molecule has 2 heterocycles. The molecule has 0 radical (unpaired) electrons. The molecule has 0 amide bonds. The molecule has 0 fully saturated rings. The molecule has 1 N–H and O–H groups in total. The van der Waals surface area contributed by atoms with Crippen molar-refractivity contribution in [3.63, 3.8) is 0 Å². The Balaban J connectivity index is 2.34. The van der Waals surface area contributed by atoms with Crippen molar-refractivity contribution < 1.29 is 9.90 Å². The predicted molar refractivity (Wildman–Crippen MR) is 60.6 cm³/mol. The van der Waals surface area contributed by atoms with E-state index in [1.807, 2.05) is 0 Å². The quantitative estimate of drug-likeness (QED) is 0.852. The Morgan fingerprint density at radius 1 is 1.62 bits per heavy atom. The zero-order chi connectivity index (χ0) is 11.7. The SMILES string of the molecule is CCc1nc2n(c1C)CCCC2CC(=O)O. The predicted octanol–water partition coefficient (Wildman–Crippen LogP) is 2.11. The number of aliphatic carboxylic acids is 1. The Morgan fingerprint density at radius 2 is 2.38 bits per heavy atom. The molecular weight excluding hydrogens is 204 g/mol. The number of fused-ring (bicyclic) bond motifs is 1. The van der Waals surface area contributed by atoms with E-state index in [1.165, 1.54) is 5.69 Å². The summed E-state index contributed by atoms with van der Waals surface area (Å²) in [5.74, 6) is 0.366. The molecule has 1 aromatic rings. The Morgan fingerprint density at radius 3 is 3.00 bits per heavy atom. The van der Waals surface area contributed by atoms with Crippen molar-refractivity contribution in [2.24, 2.45) is 0 Å². The molecule has 1 unspecified atom stereocenters. The van der Waals surface area contributed by atoms with Gasteiger partial charge in [0.05, 0.1) is 12.1 Å². The maximum absolute atomic E-state index is 10.8. The summed E-state index contributed by atoms with van der Waals surface area (Å²) < 4.78 is 2.20. The van der Waals surface area contributed by atoms with Crippen molar-refractivity contribution in [3.8, 4) is 0 Å². The van der Waals surface area contributed by atoms with Crippen LogP contribution in [0.2, 0.25) is 0 Å². The van der Waals surface area contributed by atoms with Crippen LogP contribution in [0.5, 0.6) is 0 Å². The number of carbonyl (C=O) groups is 1. The molecule has 0 aliphatic carbocycles. The van der Waals surface area contributed by atoms with Crippen LogP contribution >= 0.6 is 0 Å². The molecule has 0 bridgehead atoms. The van der Waals surface area contributed by atoms with E-state index in [0.717, 1.165) is 37.3 Å². The third-order valence-corrected chi connectivity index (χ3v) is 3.40. The van der Waals surface area contributed by atoms with Gasteiger partial charge in [0.15, 0.2) is 0 Å². The summed E-state index contributed by atoms with van der Waals surface area (Å²) in [7, 11) is 0. The fourth-order valence-corrected chi connectivity index (χ4v) is 2.56. The summed E-state index contributed by atoms with van der Waals surface area (Å²) in [6.07, 6.45) is 3.14. The lowest BCUT2D eigenvalue weighted by molar-refractivity contribution is -0.137. The second-order valence-electron chi connectivity index (χ2n) is 4.44. The van der Waals surface area contributed by atoms with E-state index in [4.69, 9.17) is 5.11 Å². The topological polar surface area (TPSA) is 55.1 Å². The average Bonchev–Trinajstić information content (AvgIpc) is 2.56. The van der Waals surface area contributed by atoms with Gasteiger partial charge in [-0.15, -0.1) is 0 Å². The number of hydrogen-bond acceptors (Lipinski definition) is 2. The fourth-order valence-electron chi connectivity index (χ4n) is 2.56. The second kappa shape index (κ2) is 4.28. The van der Waals surface area contributed by atoms with Crippen molar-refractivity contribution in [2.45, 2.75) is 52.0 Å². The van der Waals surface area contributed by atoms with Gasteiger partial charge in [0.1, 0.15) is 5.82 Å². The lowest BCUT2D eigenvalue weighted by Gasteiger charge is -2.22. The molecule has 2 rings (SSSR count). The number of carboxylic acid groups (broad SMARTS) is 1. The number of imidazole rings is 1. The summed E-state index contributed by atoms with van der Waals surface area (Å²) in [5, 5.41) is 8.89. The van der Waals surface area contributed by atoms with E-state index < -0.39 is 5.97 Å². The molecule has 88 valence electrons. The van der Waals surface area contributed by atoms with Crippen LogP contribution in [0.3, 0.4) is 0 Å². The largest absolute Gasteiger partial charge is 0.481 e. The van der Waals surface area contributed by atoms with Gasteiger partial charge in [0.25, 0.3) is 0 Å². The molecule has 0 aromatic carbocycles. The summed E-state index contributed by atoms with van der Waals surface area (Å²) in [6, 6.07) is 0. The van der Waals surface area contributed by atoms with Gasteiger partial charge < -0.3 is 9.67 Å². The minimum absolute atomic E-state index is 0.102. The van der Waals surface area contributed by atoms with Gasteiger partial charge in [-0.2, -0.15) is 0 Å². The lowest BCUT2D eigenvalue weighted by Crippen LogP contribution is -2.19. The highest BCUT2D eigenvalue weighted by atomic mass is 16.4. The van der Waals surface area contributed by atoms with Crippen LogP contribution < -0.4 is 0 Å². The molecule has 0 saturated carbocycles. The summed E-state index contributed by atoms with van der Waals surface area (Å²) in [6.45, 7) is 5.16. The van der Waals surface area contributed by atoms with E-state index >= 15 is 0 Å². The third kappa shape index (κ3) is 1.84. The van der Waals surface area contributed by atoms with Crippen LogP contribution in [-0.2, 0) is 17.8 Å². The highest BCUT2D eigenvalue weighted by Gasteiger charge is 2.26. The highest BCUT2D eigenvalue weighted by Crippen LogP contribution is 2.31. The van der Waals surface area contributed by atoms with Gasteiger partial charge in [0, 0.05) is 18.2 Å². The summed E-state index contributed by atoms with van der Waals surface area (Å²) >= 11 is 0. The first-order valence-electron chi connectivity index (χ1n) is 5.91. The average molecular weight is 222 g/mol. The van der Waals surface area contributed by atoms with E-state index in [0.29, 0.717) is 0 Å². The Hall–Kier alpha value is -1.32. The third-order valence-electron chi connectivity index (χ3n) is 3.40. The molecule has 1 aliphatic rings. The number of rotatable bonds is 3. The van der Waals surface area contributed by atoms with E-state index in [2.05, 4.69) is 23.4 Å². The fraction of sp³-hybridized carbons (Fsp3) is 0.667. The second-order valence-corrected chi connectivity index (χ2v) is 4.44. The van der Waals surface area contributed by atoms with Crippen LogP contribution in [0.15, 0.2) is 0 Å². The van der Waals surface area contributed by atoms with Crippen LogP contribution in [0.25, 0.3) is 0 Å². The van der Waals surface area contributed by atoms with Gasteiger partial charge in [0.2, 0.25) is 0 Å². The number of carboxylic acids is 1. The molecule has 4 nitrogen and oxygen atoms in total. The Kier molecular flexibility index (Phi) is 2.99. The first-order chi connectivity index (χ1) is 7.63. The Bertz CT molecular complexity index is 409. The number of hydrogen-bond donors (Lipinski definition) is 1. The first kappa shape index (κ1) is 11.2. The number of aryl methyl sites for hydroxylation is 1. The van der Waals surface area contributed by atoms with Crippen LogP contribution in [0, 0.1) is 6.92 Å². The van der Waals surface area contributed by atoms with Gasteiger partial charge in [-0.05, 0) is 26.2 Å². The van der Waals surface area contributed by atoms with Crippen LogP contribution in [0.1, 0.15) is 49.3 Å². The molecule has 1 aliphatic heterocycles. The standard InChI is InChI=1S/C12H18N2O2/c1-3-10-8(2)14-6-4-5-9(7-11(15)16)12(14)13-10/h9H,3-7H2,1-2H3,(H,15,16). The molecular formula is C12H18N2O2. The van der Waals surface area contributed by atoms with Crippen molar-refractivity contribution in [1.29, 1.82) is 0 Å². The van der Waals surface area contributed by atoms with Gasteiger partial charge in [-0.3, -0.25) is 4.79 Å². The summed E-state index contributed by atoms with van der Waals surface area (Å²) in [5.41, 5.74) is 2.33. The van der Waals surface area contributed by atoms with E-state index in [1.54, 1.807) is 0 Å². The van der Waals surface area contributed by atoms with Crippen molar-refractivity contribution in [1.82, 2.24) is 9.55 Å². The maximum atomic E-state index is 10.8. The van der Waals surface area contributed by atoms with Crippen molar-refractivity contribution >= 4 is 5.97 Å². The Labute approximate surface area is 95.3 Å².